The summed E-state index contributed by atoms with van der Waals surface area (Å²) in [5.74, 6) is -0.454. The third-order valence-corrected chi connectivity index (χ3v) is 4.40. The number of hydrogen-bond acceptors (Lipinski definition) is 6. The van der Waals surface area contributed by atoms with Gasteiger partial charge >= 0.3 is 5.97 Å². The SMILES string of the molecule is CC12C=C3OC(=O)C(CO)=C3C(CC(C)(O)C(=O)CC1)O2. The molecule has 1 fully saturated rings. The highest BCUT2D eigenvalue weighted by Gasteiger charge is 2.48. The van der Waals surface area contributed by atoms with E-state index in [-0.39, 0.29) is 24.2 Å². The van der Waals surface area contributed by atoms with Crippen molar-refractivity contribution in [2.24, 2.45) is 0 Å². The predicted molar refractivity (Wildman–Crippen MR) is 71.0 cm³/mol. The fraction of sp³-hybridized carbons (Fsp3) is 0.600. The van der Waals surface area contributed by atoms with Gasteiger partial charge in [0.15, 0.2) is 5.78 Å². The van der Waals surface area contributed by atoms with E-state index in [2.05, 4.69) is 0 Å². The number of Topliss-reactive ketones (excluding diaryl/α,β-unsaturated/α-hetero) is 1. The smallest absolute Gasteiger partial charge is 0.342 e. The number of carbonyl (C=O) groups is 2. The average Bonchev–Trinajstić information content (AvgIpc) is 2.69. The highest BCUT2D eigenvalue weighted by atomic mass is 16.6. The van der Waals surface area contributed by atoms with E-state index in [1.807, 2.05) is 6.92 Å². The van der Waals surface area contributed by atoms with Crippen molar-refractivity contribution in [2.75, 3.05) is 6.61 Å². The number of rotatable bonds is 1. The Labute approximate surface area is 122 Å². The molecule has 0 saturated carbocycles. The molecule has 0 aromatic carbocycles. The topological polar surface area (TPSA) is 93.1 Å². The Balaban J connectivity index is 2.11. The molecule has 6 heteroatoms. The Kier molecular flexibility index (Phi) is 3.09. The molecule has 114 valence electrons. The molecule has 21 heavy (non-hydrogen) atoms. The van der Waals surface area contributed by atoms with Crippen LogP contribution in [0.25, 0.3) is 0 Å². The van der Waals surface area contributed by atoms with E-state index in [1.165, 1.54) is 6.92 Å². The lowest BCUT2D eigenvalue weighted by atomic mass is 9.80. The van der Waals surface area contributed by atoms with Gasteiger partial charge in [-0.2, -0.15) is 0 Å². The largest absolute Gasteiger partial charge is 0.423 e. The molecular formula is C15H18O6. The van der Waals surface area contributed by atoms with Crippen molar-refractivity contribution in [1.29, 1.82) is 0 Å². The zero-order valence-corrected chi connectivity index (χ0v) is 12.0. The molecule has 0 radical (unpaired) electrons. The van der Waals surface area contributed by atoms with Crippen molar-refractivity contribution in [3.63, 3.8) is 0 Å². The second-order valence-electron chi connectivity index (χ2n) is 6.27. The molecule has 0 aromatic heterocycles. The fourth-order valence-electron chi connectivity index (χ4n) is 3.16. The van der Waals surface area contributed by atoms with Gasteiger partial charge in [0.2, 0.25) is 0 Å². The summed E-state index contributed by atoms with van der Waals surface area (Å²) in [5, 5.41) is 19.7. The molecule has 3 aliphatic rings. The van der Waals surface area contributed by atoms with Gasteiger partial charge in [-0.3, -0.25) is 4.79 Å². The van der Waals surface area contributed by atoms with Gasteiger partial charge < -0.3 is 19.7 Å². The number of fused-ring (bicyclic) bond motifs is 4. The normalized spacial score (nSPS) is 39.4. The number of aliphatic hydroxyl groups excluding tert-OH is 1. The summed E-state index contributed by atoms with van der Waals surface area (Å²) in [4.78, 5) is 23.9. The maximum Gasteiger partial charge on any atom is 0.342 e. The Morgan fingerprint density at radius 3 is 2.76 bits per heavy atom. The van der Waals surface area contributed by atoms with Crippen LogP contribution < -0.4 is 0 Å². The molecule has 3 unspecified atom stereocenters. The number of esters is 1. The number of carbonyl (C=O) groups excluding carboxylic acids is 2. The van der Waals surface area contributed by atoms with Crippen molar-refractivity contribution in [3.8, 4) is 0 Å². The second-order valence-corrected chi connectivity index (χ2v) is 6.27. The minimum atomic E-state index is -1.52. The van der Waals surface area contributed by atoms with Gasteiger partial charge in [0.05, 0.1) is 23.9 Å². The van der Waals surface area contributed by atoms with E-state index in [0.29, 0.717) is 17.8 Å². The predicted octanol–water partition coefficient (Wildman–Crippen LogP) is 0.377. The summed E-state index contributed by atoms with van der Waals surface area (Å²) in [6.45, 7) is 2.82. The summed E-state index contributed by atoms with van der Waals surface area (Å²) in [6.07, 6.45) is 1.67. The van der Waals surface area contributed by atoms with Crippen molar-refractivity contribution in [1.82, 2.24) is 0 Å². The highest BCUT2D eigenvalue weighted by Crippen LogP contribution is 2.44. The minimum Gasteiger partial charge on any atom is -0.423 e. The minimum absolute atomic E-state index is 0.0359. The molecular weight excluding hydrogens is 276 g/mol. The van der Waals surface area contributed by atoms with Crippen LogP contribution in [0.5, 0.6) is 0 Å². The van der Waals surface area contributed by atoms with Gasteiger partial charge in [-0.25, -0.2) is 4.79 Å². The average molecular weight is 294 g/mol. The van der Waals surface area contributed by atoms with E-state index in [1.54, 1.807) is 6.08 Å². The molecule has 0 aliphatic carbocycles. The van der Waals surface area contributed by atoms with Crippen molar-refractivity contribution < 1.29 is 29.3 Å². The third kappa shape index (κ3) is 2.23. The molecule has 2 bridgehead atoms. The van der Waals surface area contributed by atoms with Crippen molar-refractivity contribution in [3.05, 3.63) is 23.0 Å². The lowest BCUT2D eigenvalue weighted by molar-refractivity contribution is -0.150. The quantitative estimate of drug-likeness (QED) is 0.679. The van der Waals surface area contributed by atoms with Gasteiger partial charge in [0.25, 0.3) is 0 Å². The van der Waals surface area contributed by atoms with Crippen LogP contribution in [0.4, 0.5) is 0 Å². The van der Waals surface area contributed by atoms with Gasteiger partial charge in [0, 0.05) is 18.4 Å². The lowest BCUT2D eigenvalue weighted by Gasteiger charge is -2.41. The molecule has 0 amide bonds. The molecule has 6 nitrogen and oxygen atoms in total. The second kappa shape index (κ2) is 4.50. The molecule has 0 spiro atoms. The third-order valence-electron chi connectivity index (χ3n) is 4.40. The van der Waals surface area contributed by atoms with Gasteiger partial charge in [-0.1, -0.05) is 0 Å². The first kappa shape index (κ1) is 14.4. The standard InChI is InChI=1S/C15H18O6/c1-14-4-3-11(17)15(2,19)6-10(21-14)12-8(7-16)13(18)20-9(12)5-14/h5,10,16,19H,3-4,6-7H2,1-2H3. The zero-order chi connectivity index (χ0) is 15.4. The van der Waals surface area contributed by atoms with Crippen LogP contribution in [0.3, 0.4) is 0 Å². The summed E-state index contributed by atoms with van der Waals surface area (Å²) in [6, 6.07) is 0. The van der Waals surface area contributed by atoms with Gasteiger partial charge in [-0.05, 0) is 26.3 Å². The fourth-order valence-corrected chi connectivity index (χ4v) is 3.16. The van der Waals surface area contributed by atoms with Crippen LogP contribution >= 0.6 is 0 Å². The molecule has 3 rings (SSSR count). The molecule has 3 aliphatic heterocycles. The first-order valence-corrected chi connectivity index (χ1v) is 6.98. The summed E-state index contributed by atoms with van der Waals surface area (Å²) in [5.41, 5.74) is -1.65. The van der Waals surface area contributed by atoms with E-state index in [0.717, 1.165) is 0 Å². The van der Waals surface area contributed by atoms with Crippen LogP contribution in [-0.4, -0.2) is 45.9 Å². The van der Waals surface area contributed by atoms with Crippen LogP contribution in [0, 0.1) is 0 Å². The number of hydrogen-bond donors (Lipinski definition) is 2. The molecule has 0 aromatic rings. The Morgan fingerprint density at radius 2 is 2.10 bits per heavy atom. The number of aliphatic hydroxyl groups is 2. The summed E-state index contributed by atoms with van der Waals surface area (Å²) < 4.78 is 11.2. The van der Waals surface area contributed by atoms with Gasteiger partial charge in [0.1, 0.15) is 11.4 Å². The van der Waals surface area contributed by atoms with E-state index in [9.17, 15) is 19.8 Å². The maximum absolute atomic E-state index is 12.1. The van der Waals surface area contributed by atoms with Crippen molar-refractivity contribution >= 4 is 11.8 Å². The molecule has 3 atom stereocenters. The Morgan fingerprint density at radius 1 is 1.38 bits per heavy atom. The molecule has 1 saturated heterocycles. The monoisotopic (exact) mass is 294 g/mol. The first-order valence-electron chi connectivity index (χ1n) is 6.98. The summed E-state index contributed by atoms with van der Waals surface area (Å²) in [7, 11) is 0. The highest BCUT2D eigenvalue weighted by molar-refractivity contribution is 5.95. The number of ketones is 1. The van der Waals surface area contributed by atoms with Gasteiger partial charge in [-0.15, -0.1) is 0 Å². The Hall–Kier alpha value is -1.50. The van der Waals surface area contributed by atoms with Crippen LogP contribution in [0.1, 0.15) is 33.1 Å². The summed E-state index contributed by atoms with van der Waals surface area (Å²) >= 11 is 0. The Bertz CT molecular complexity index is 585. The van der Waals surface area contributed by atoms with Crippen molar-refractivity contribution in [2.45, 2.75) is 50.4 Å². The first-order chi connectivity index (χ1) is 9.76. The number of ether oxygens (including phenoxy) is 2. The van der Waals surface area contributed by atoms with E-state index < -0.39 is 29.9 Å². The lowest BCUT2D eigenvalue weighted by Crippen LogP contribution is -2.48. The van der Waals surface area contributed by atoms with Crippen LogP contribution in [0.2, 0.25) is 0 Å². The van der Waals surface area contributed by atoms with Crippen LogP contribution in [0.15, 0.2) is 23.0 Å². The molecule has 3 heterocycles. The van der Waals surface area contributed by atoms with E-state index in [4.69, 9.17) is 9.47 Å². The van der Waals surface area contributed by atoms with E-state index >= 15 is 0 Å². The molecule has 2 N–H and O–H groups in total. The zero-order valence-electron chi connectivity index (χ0n) is 12.0. The van der Waals surface area contributed by atoms with Crippen LogP contribution in [-0.2, 0) is 19.1 Å². The maximum atomic E-state index is 12.1.